The van der Waals surface area contributed by atoms with Gasteiger partial charge in [-0.1, -0.05) is 36.5 Å². The first-order valence-corrected chi connectivity index (χ1v) is 18.5. The number of fused-ring (bicyclic) bond motifs is 4. The number of hydrazone groups is 1. The van der Waals surface area contributed by atoms with Crippen LogP contribution in [0.15, 0.2) is 60.1 Å². The quantitative estimate of drug-likeness (QED) is 0.137. The Morgan fingerprint density at radius 3 is 2.42 bits per heavy atom. The Bertz CT molecular complexity index is 2410. The van der Waals surface area contributed by atoms with Gasteiger partial charge in [0.05, 0.1) is 46.4 Å². The van der Waals surface area contributed by atoms with Crippen molar-refractivity contribution in [3.05, 3.63) is 83.5 Å². The molecule has 1 atom stereocenters. The molecule has 0 amide bonds. The molecule has 0 bridgehead atoms. The second kappa shape index (κ2) is 13.3. The van der Waals surface area contributed by atoms with E-state index in [4.69, 9.17) is 24.5 Å². The van der Waals surface area contributed by atoms with Crippen LogP contribution in [0.5, 0.6) is 11.5 Å². The molecule has 0 saturated carbocycles. The summed E-state index contributed by atoms with van der Waals surface area (Å²) < 4.78 is 53.5. The van der Waals surface area contributed by atoms with Crippen molar-refractivity contribution < 1.29 is 22.6 Å². The molecule has 2 aliphatic rings. The number of nitrogens with zero attached hydrogens (tertiary/aromatic N) is 7. The monoisotopic (exact) mass is 758 g/mol. The van der Waals surface area contributed by atoms with E-state index in [1.54, 1.807) is 18.5 Å². The van der Waals surface area contributed by atoms with Crippen molar-refractivity contribution in [2.45, 2.75) is 46.2 Å². The first-order valence-electron chi connectivity index (χ1n) is 16.8. The number of nitrogens with one attached hydrogen (secondary N) is 3. The molecule has 6 aromatic heterocycles. The Hall–Kier alpha value is -5.29. The topological polar surface area (TPSA) is 156 Å². The predicted molar refractivity (Wildman–Crippen MR) is 199 cm³/mol. The highest BCUT2D eigenvalue weighted by atomic mass is 32.1. The number of thiazole rings is 2. The number of pyridine rings is 4. The van der Waals surface area contributed by atoms with E-state index >= 15 is 0 Å². The third kappa shape index (κ3) is 6.85. The number of hydrogen-bond acceptors (Lipinski definition) is 14. The number of ether oxygens (including phenoxy) is 2. The second-order valence-electron chi connectivity index (χ2n) is 13.7. The SMILES string of the molecule is Cc1cc2sc(NCC3(Cc4ccc5c(n4)/C(=N/Nc4nc6cnc(C(F)(F)F)cc6s4)C(C)(C)CCO5)CCOc4cccnc4C3=N)nc2cn1. The maximum Gasteiger partial charge on any atom is 0.433 e. The van der Waals surface area contributed by atoms with Crippen LogP contribution in [0.1, 0.15) is 55.2 Å². The lowest BCUT2D eigenvalue weighted by Crippen LogP contribution is -2.41. The Morgan fingerprint density at radius 1 is 0.887 bits per heavy atom. The third-order valence-electron chi connectivity index (χ3n) is 9.48. The van der Waals surface area contributed by atoms with E-state index in [2.05, 4.69) is 30.7 Å². The summed E-state index contributed by atoms with van der Waals surface area (Å²) in [7, 11) is 0. The molecule has 12 nitrogen and oxygen atoms in total. The van der Waals surface area contributed by atoms with E-state index in [1.165, 1.54) is 11.3 Å². The zero-order valence-corrected chi connectivity index (χ0v) is 30.5. The molecule has 0 radical (unpaired) electrons. The minimum atomic E-state index is -4.56. The second-order valence-corrected chi connectivity index (χ2v) is 15.8. The van der Waals surface area contributed by atoms with Crippen LogP contribution in [0, 0.1) is 23.2 Å². The number of anilines is 2. The molecule has 2 aliphatic heterocycles. The lowest BCUT2D eigenvalue weighted by Gasteiger charge is -2.33. The van der Waals surface area contributed by atoms with Crippen LogP contribution in [0.25, 0.3) is 20.4 Å². The van der Waals surface area contributed by atoms with E-state index in [1.807, 2.05) is 45.0 Å². The number of aryl methyl sites for hydroxylation is 1. The van der Waals surface area contributed by atoms with Gasteiger partial charge in [-0.3, -0.25) is 15.4 Å². The molecule has 8 heterocycles. The van der Waals surface area contributed by atoms with Crippen molar-refractivity contribution in [2.75, 3.05) is 30.5 Å². The fraction of sp³-hybridized carbons (Fsp3) is 0.333. The van der Waals surface area contributed by atoms with E-state index in [9.17, 15) is 18.6 Å². The molecule has 0 fully saturated rings. The minimum absolute atomic E-state index is 0.316. The average Bonchev–Trinajstić information content (AvgIpc) is 3.66. The van der Waals surface area contributed by atoms with Crippen LogP contribution in [-0.4, -0.2) is 61.1 Å². The normalized spacial score (nSPS) is 19.2. The number of aromatic nitrogens is 6. The van der Waals surface area contributed by atoms with Gasteiger partial charge in [0.25, 0.3) is 0 Å². The first kappa shape index (κ1) is 34.8. The van der Waals surface area contributed by atoms with Gasteiger partial charge < -0.3 is 20.2 Å². The molecule has 17 heteroatoms. The maximum absolute atomic E-state index is 13.3. The summed E-state index contributed by atoms with van der Waals surface area (Å²) in [5, 5.41) is 18.9. The van der Waals surface area contributed by atoms with Crippen LogP contribution >= 0.6 is 22.7 Å². The van der Waals surface area contributed by atoms with Gasteiger partial charge in [-0.15, -0.1) is 0 Å². The molecule has 1 unspecified atom stereocenters. The smallest absolute Gasteiger partial charge is 0.433 e. The van der Waals surface area contributed by atoms with Gasteiger partial charge in [0.2, 0.25) is 5.13 Å². The van der Waals surface area contributed by atoms with Gasteiger partial charge in [-0.05, 0) is 56.2 Å². The third-order valence-corrected chi connectivity index (χ3v) is 11.4. The van der Waals surface area contributed by atoms with Crippen molar-refractivity contribution in [3.63, 3.8) is 0 Å². The number of halogens is 3. The molecular formula is C36H33F3N10O2S2. The lowest BCUT2D eigenvalue weighted by atomic mass is 9.74. The summed E-state index contributed by atoms with van der Waals surface area (Å²) in [4.78, 5) is 26.8. The Kier molecular flexibility index (Phi) is 8.72. The Morgan fingerprint density at radius 2 is 1.60 bits per heavy atom. The standard InChI is InChI=1S/C36H33F3N10O2S2/c1-19-13-25-21(16-42-19)46-32(52-25)44-18-35(9-12-51-23-5-4-10-41-28(23)30(35)40)15-20-6-7-24-29(45-20)31(34(2,3)8-11-50-24)48-49-33-47-22-17-43-27(36(37,38)39)14-26(22)53-33/h4-7,10,13-14,16-17,40H,8-9,11-12,15,18H2,1-3H3,(H,44,46)(H,47,49)/b40-30?,48-31-. The van der Waals surface area contributed by atoms with Crippen LogP contribution in [0.2, 0.25) is 0 Å². The first-order chi connectivity index (χ1) is 25.4. The summed E-state index contributed by atoms with van der Waals surface area (Å²) in [5.74, 6) is 1.12. The summed E-state index contributed by atoms with van der Waals surface area (Å²) in [6, 6.07) is 10.4. The van der Waals surface area contributed by atoms with Gasteiger partial charge in [0.1, 0.15) is 39.6 Å². The Labute approximate surface area is 309 Å². The van der Waals surface area contributed by atoms with Crippen molar-refractivity contribution in [1.29, 1.82) is 5.41 Å². The largest absolute Gasteiger partial charge is 0.491 e. The van der Waals surface area contributed by atoms with E-state index in [0.29, 0.717) is 94.4 Å². The highest BCUT2D eigenvalue weighted by molar-refractivity contribution is 7.22. The molecule has 3 N–H and O–H groups in total. The van der Waals surface area contributed by atoms with Gasteiger partial charge in [0, 0.05) is 41.4 Å². The van der Waals surface area contributed by atoms with E-state index in [0.717, 1.165) is 44.6 Å². The fourth-order valence-corrected chi connectivity index (χ4v) is 8.26. The number of rotatable bonds is 7. The van der Waals surface area contributed by atoms with Gasteiger partial charge in [-0.2, -0.15) is 18.3 Å². The van der Waals surface area contributed by atoms with Gasteiger partial charge in [0.15, 0.2) is 5.13 Å². The predicted octanol–water partition coefficient (Wildman–Crippen LogP) is 7.93. The zero-order chi connectivity index (χ0) is 37.0. The van der Waals surface area contributed by atoms with Crippen LogP contribution in [0.4, 0.5) is 23.4 Å². The van der Waals surface area contributed by atoms with Crippen molar-refractivity contribution in [1.82, 2.24) is 29.9 Å². The Balaban J connectivity index is 1.14. The average molecular weight is 759 g/mol. The maximum atomic E-state index is 13.3. The summed E-state index contributed by atoms with van der Waals surface area (Å²) in [6.07, 6.45) is 1.48. The van der Waals surface area contributed by atoms with Crippen molar-refractivity contribution in [3.8, 4) is 11.5 Å². The van der Waals surface area contributed by atoms with Crippen LogP contribution in [0.3, 0.4) is 0 Å². The van der Waals surface area contributed by atoms with Crippen LogP contribution < -0.4 is 20.2 Å². The summed E-state index contributed by atoms with van der Waals surface area (Å²) in [6.45, 7) is 7.19. The van der Waals surface area contributed by atoms with Gasteiger partial charge in [-0.25, -0.2) is 19.9 Å². The molecule has 0 spiro atoms. The van der Waals surface area contributed by atoms with Gasteiger partial charge >= 0.3 is 6.18 Å². The van der Waals surface area contributed by atoms with E-state index in [-0.39, 0.29) is 0 Å². The zero-order valence-electron chi connectivity index (χ0n) is 28.8. The minimum Gasteiger partial charge on any atom is -0.491 e. The molecule has 53 heavy (non-hydrogen) atoms. The lowest BCUT2D eigenvalue weighted by molar-refractivity contribution is -0.141. The molecule has 272 valence electrons. The molecule has 0 aromatic carbocycles. The molecule has 0 aliphatic carbocycles. The molecule has 6 aromatic rings. The number of alkyl halides is 3. The summed E-state index contributed by atoms with van der Waals surface area (Å²) in [5.41, 5.74) is 5.41. The van der Waals surface area contributed by atoms with Crippen molar-refractivity contribution in [2.24, 2.45) is 15.9 Å². The van der Waals surface area contributed by atoms with E-state index < -0.39 is 22.7 Å². The van der Waals surface area contributed by atoms with Crippen molar-refractivity contribution >= 4 is 64.8 Å². The highest BCUT2D eigenvalue weighted by Gasteiger charge is 2.41. The fourth-order valence-electron chi connectivity index (χ4n) is 6.51. The van der Waals surface area contributed by atoms with Crippen LogP contribution in [-0.2, 0) is 12.6 Å². The number of hydrogen-bond donors (Lipinski definition) is 3. The molecular weight excluding hydrogens is 726 g/mol. The highest BCUT2D eigenvalue weighted by Crippen LogP contribution is 2.40. The molecule has 8 rings (SSSR count). The molecule has 0 saturated heterocycles. The summed E-state index contributed by atoms with van der Waals surface area (Å²) >= 11 is 2.59.